The summed E-state index contributed by atoms with van der Waals surface area (Å²) in [5.74, 6) is -1.62. The van der Waals surface area contributed by atoms with Gasteiger partial charge in [-0.15, -0.1) is 0 Å². The zero-order valence-electron chi connectivity index (χ0n) is 16.8. The van der Waals surface area contributed by atoms with Crippen molar-refractivity contribution in [1.29, 1.82) is 0 Å². The van der Waals surface area contributed by atoms with Gasteiger partial charge in [-0.3, -0.25) is 19.7 Å². The van der Waals surface area contributed by atoms with Crippen molar-refractivity contribution in [3.05, 3.63) is 59.2 Å². The van der Waals surface area contributed by atoms with Gasteiger partial charge < -0.3 is 10.1 Å². The fraction of sp³-hybridized carbons (Fsp3) is 0.286. The number of sulfonamides is 1. The van der Waals surface area contributed by atoms with Crippen molar-refractivity contribution >= 4 is 33.4 Å². The third kappa shape index (κ3) is 4.09. The molecule has 0 saturated carbocycles. The maximum absolute atomic E-state index is 12.8. The third-order valence-electron chi connectivity index (χ3n) is 5.32. The van der Waals surface area contributed by atoms with E-state index in [1.807, 2.05) is 0 Å². The van der Waals surface area contributed by atoms with Crippen LogP contribution in [0.3, 0.4) is 0 Å². The van der Waals surface area contributed by atoms with Crippen LogP contribution in [0.2, 0.25) is 0 Å². The van der Waals surface area contributed by atoms with Crippen LogP contribution < -0.4 is 10.6 Å². The average Bonchev–Trinajstić information content (AvgIpc) is 3.36. The number of ether oxygens (including phenoxy) is 1. The zero-order valence-corrected chi connectivity index (χ0v) is 17.6. The van der Waals surface area contributed by atoms with E-state index in [1.165, 1.54) is 47.8 Å². The van der Waals surface area contributed by atoms with Gasteiger partial charge in [0, 0.05) is 25.8 Å². The molecule has 2 aromatic rings. The van der Waals surface area contributed by atoms with Crippen LogP contribution in [0.4, 0.5) is 5.69 Å². The number of hydrogen-bond donors (Lipinski definition) is 2. The normalized spacial score (nSPS) is 18.2. The van der Waals surface area contributed by atoms with E-state index in [1.54, 1.807) is 6.07 Å². The Hall–Kier alpha value is -3.08. The number of nitrogens with one attached hydrogen (secondary N) is 2. The molecule has 2 aliphatic heterocycles. The molecule has 9 nitrogen and oxygen atoms in total. The van der Waals surface area contributed by atoms with Crippen LogP contribution in [0.25, 0.3) is 0 Å². The van der Waals surface area contributed by atoms with E-state index >= 15 is 0 Å². The molecule has 2 heterocycles. The summed E-state index contributed by atoms with van der Waals surface area (Å²) < 4.78 is 32.3. The first-order valence-electron chi connectivity index (χ1n) is 9.75. The Morgan fingerprint density at radius 1 is 1.16 bits per heavy atom. The van der Waals surface area contributed by atoms with E-state index < -0.39 is 27.7 Å². The number of fused-ring (bicyclic) bond motifs is 1. The molecule has 0 radical (unpaired) electrons. The predicted octanol–water partition coefficient (Wildman–Crippen LogP) is 1.62. The Morgan fingerprint density at radius 2 is 1.90 bits per heavy atom. The Morgan fingerprint density at radius 3 is 2.58 bits per heavy atom. The second kappa shape index (κ2) is 8.22. The Bertz CT molecular complexity index is 1150. The Labute approximate surface area is 179 Å². The van der Waals surface area contributed by atoms with Gasteiger partial charge in [-0.1, -0.05) is 6.07 Å². The molecule has 0 spiro atoms. The lowest BCUT2D eigenvalue weighted by Crippen LogP contribution is -2.34. The number of anilines is 1. The summed E-state index contributed by atoms with van der Waals surface area (Å²) in [6.07, 6.45) is 1.63. The topological polar surface area (TPSA) is 122 Å². The highest BCUT2D eigenvalue weighted by atomic mass is 32.2. The van der Waals surface area contributed by atoms with E-state index in [9.17, 15) is 22.8 Å². The molecular weight excluding hydrogens is 422 g/mol. The van der Waals surface area contributed by atoms with Crippen LogP contribution >= 0.6 is 0 Å². The summed E-state index contributed by atoms with van der Waals surface area (Å²) in [6.45, 7) is 0.910. The quantitative estimate of drug-likeness (QED) is 0.655. The smallest absolute Gasteiger partial charge is 0.261 e. The van der Waals surface area contributed by atoms with E-state index in [0.717, 1.165) is 12.8 Å². The molecule has 4 rings (SSSR count). The minimum absolute atomic E-state index is 0.0649. The lowest BCUT2D eigenvalue weighted by atomic mass is 10.1. The molecule has 0 bridgehead atoms. The largest absolute Gasteiger partial charge is 0.377 e. The highest BCUT2D eigenvalue weighted by molar-refractivity contribution is 7.89. The molecule has 162 valence electrons. The zero-order chi connectivity index (χ0) is 22.2. The monoisotopic (exact) mass is 443 g/mol. The number of likely N-dealkylation sites (N-methyl/N-ethyl adjacent to an activating group) is 1. The molecule has 1 atom stereocenters. The molecule has 2 aromatic carbocycles. The number of nitrogens with zero attached hydrogens (tertiary/aromatic N) is 1. The van der Waals surface area contributed by atoms with Gasteiger partial charge in [0.15, 0.2) is 0 Å². The van der Waals surface area contributed by atoms with Crippen molar-refractivity contribution in [1.82, 2.24) is 9.62 Å². The highest BCUT2D eigenvalue weighted by Crippen LogP contribution is 2.25. The fourth-order valence-electron chi connectivity index (χ4n) is 3.65. The van der Waals surface area contributed by atoms with Gasteiger partial charge in [-0.05, 0) is 49.2 Å². The van der Waals surface area contributed by atoms with Crippen LogP contribution in [0, 0.1) is 0 Å². The van der Waals surface area contributed by atoms with Gasteiger partial charge in [-0.25, -0.2) is 8.42 Å². The van der Waals surface area contributed by atoms with Gasteiger partial charge in [-0.2, -0.15) is 4.31 Å². The summed E-state index contributed by atoms with van der Waals surface area (Å²) >= 11 is 0. The standard InChI is InChI=1S/C21H21N3O6S/c1-24(12-14-4-3-11-30-14)31(28,29)15-9-7-13(8-10-15)19(25)22-17-6-2-5-16-18(17)21(27)23-20(16)26/h2,5-10,14H,3-4,11-12H2,1H3,(H,22,25)(H,23,26,27). The predicted molar refractivity (Wildman–Crippen MR) is 111 cm³/mol. The highest BCUT2D eigenvalue weighted by Gasteiger charge is 2.30. The summed E-state index contributed by atoms with van der Waals surface area (Å²) in [6, 6.07) is 10.1. The maximum Gasteiger partial charge on any atom is 0.261 e. The molecule has 0 aliphatic carbocycles. The fourth-order valence-corrected chi connectivity index (χ4v) is 4.85. The van der Waals surface area contributed by atoms with E-state index in [4.69, 9.17) is 4.74 Å². The van der Waals surface area contributed by atoms with E-state index in [0.29, 0.717) is 6.61 Å². The van der Waals surface area contributed by atoms with Gasteiger partial charge in [0.25, 0.3) is 17.7 Å². The molecule has 2 N–H and O–H groups in total. The first kappa shape index (κ1) is 21.2. The minimum atomic E-state index is -3.72. The van der Waals surface area contributed by atoms with Crippen molar-refractivity contribution in [3.8, 4) is 0 Å². The first-order chi connectivity index (χ1) is 14.8. The summed E-state index contributed by atoms with van der Waals surface area (Å²) in [7, 11) is -2.22. The van der Waals surface area contributed by atoms with Gasteiger partial charge in [0.2, 0.25) is 10.0 Å². The van der Waals surface area contributed by atoms with Crippen LogP contribution in [0.1, 0.15) is 43.9 Å². The number of carbonyl (C=O) groups is 3. The van der Waals surface area contributed by atoms with Crippen LogP contribution in [0.15, 0.2) is 47.4 Å². The van der Waals surface area contributed by atoms with Gasteiger partial charge in [0.05, 0.1) is 27.8 Å². The molecule has 2 aliphatic rings. The number of hydrogen-bond acceptors (Lipinski definition) is 6. The number of amides is 3. The maximum atomic E-state index is 12.8. The van der Waals surface area contributed by atoms with Crippen molar-refractivity contribution in [2.45, 2.75) is 23.8 Å². The van der Waals surface area contributed by atoms with Gasteiger partial charge >= 0.3 is 0 Å². The van der Waals surface area contributed by atoms with Crippen LogP contribution in [-0.4, -0.2) is 56.7 Å². The molecule has 10 heteroatoms. The van der Waals surface area contributed by atoms with Crippen molar-refractivity contribution in [2.24, 2.45) is 0 Å². The average molecular weight is 443 g/mol. The van der Waals surface area contributed by atoms with Crippen molar-refractivity contribution in [2.75, 3.05) is 25.5 Å². The molecule has 1 saturated heterocycles. The molecule has 0 aromatic heterocycles. The first-order valence-corrected chi connectivity index (χ1v) is 11.2. The second-order valence-electron chi connectivity index (χ2n) is 7.41. The SMILES string of the molecule is CN(CC1CCCO1)S(=O)(=O)c1ccc(C(=O)Nc2cccc3c2C(=O)NC3=O)cc1. The molecule has 1 unspecified atom stereocenters. The van der Waals surface area contributed by atoms with Crippen molar-refractivity contribution < 1.29 is 27.5 Å². The molecular formula is C21H21N3O6S. The van der Waals surface area contributed by atoms with E-state index in [2.05, 4.69) is 10.6 Å². The van der Waals surface area contributed by atoms with Crippen LogP contribution in [0.5, 0.6) is 0 Å². The second-order valence-corrected chi connectivity index (χ2v) is 9.46. The lowest BCUT2D eigenvalue weighted by Gasteiger charge is -2.20. The number of benzene rings is 2. The lowest BCUT2D eigenvalue weighted by molar-refractivity contribution is 0.0879. The summed E-state index contributed by atoms with van der Waals surface area (Å²) in [5, 5.41) is 4.80. The van der Waals surface area contributed by atoms with Gasteiger partial charge in [0.1, 0.15) is 0 Å². The van der Waals surface area contributed by atoms with Crippen molar-refractivity contribution in [3.63, 3.8) is 0 Å². The number of rotatable bonds is 6. The minimum Gasteiger partial charge on any atom is -0.377 e. The number of carbonyl (C=O) groups excluding carboxylic acids is 3. The molecule has 31 heavy (non-hydrogen) atoms. The van der Waals surface area contributed by atoms with Crippen LogP contribution in [-0.2, 0) is 14.8 Å². The Kier molecular flexibility index (Phi) is 5.61. The van der Waals surface area contributed by atoms with E-state index in [-0.39, 0.29) is 39.9 Å². The number of imide groups is 1. The summed E-state index contributed by atoms with van der Waals surface area (Å²) in [5.41, 5.74) is 0.719. The summed E-state index contributed by atoms with van der Waals surface area (Å²) in [4.78, 5) is 36.4. The molecule has 3 amide bonds. The Balaban J connectivity index is 1.49. The third-order valence-corrected chi connectivity index (χ3v) is 7.16. The molecule has 1 fully saturated rings.